The average Bonchev–Trinajstić information content (AvgIpc) is 2.45. The molecule has 24 heavy (non-hydrogen) atoms. The van der Waals surface area contributed by atoms with Gasteiger partial charge in [-0.2, -0.15) is 0 Å². The van der Waals surface area contributed by atoms with Crippen molar-refractivity contribution in [3.8, 4) is 0 Å². The van der Waals surface area contributed by atoms with Crippen LogP contribution in [0.15, 0.2) is 21.5 Å². The highest BCUT2D eigenvalue weighted by molar-refractivity contribution is 6.84. The molecule has 0 amide bonds. The van der Waals surface area contributed by atoms with E-state index in [0.29, 0.717) is 0 Å². The van der Waals surface area contributed by atoms with Crippen LogP contribution in [-0.2, 0) is 0 Å². The topological polar surface area (TPSA) is 0 Å². The van der Waals surface area contributed by atoms with E-state index in [9.17, 15) is 0 Å². The van der Waals surface area contributed by atoms with Gasteiger partial charge in [0.1, 0.15) is 0 Å². The maximum absolute atomic E-state index is 2.62. The highest BCUT2D eigenvalue weighted by Crippen LogP contribution is 2.52. The van der Waals surface area contributed by atoms with Gasteiger partial charge >= 0.3 is 0 Å². The van der Waals surface area contributed by atoms with E-state index < -0.39 is 16.1 Å². The first-order chi connectivity index (χ1) is 11.1. The number of fused-ring (bicyclic) bond motifs is 1. The maximum atomic E-state index is 2.62. The van der Waals surface area contributed by atoms with Gasteiger partial charge in [0, 0.05) is 0 Å². The summed E-state index contributed by atoms with van der Waals surface area (Å²) in [5.41, 5.74) is 3.78. The molecule has 0 bridgehead atoms. The minimum absolute atomic E-state index is 0.875. The van der Waals surface area contributed by atoms with Crippen LogP contribution >= 0.6 is 0 Å². The van der Waals surface area contributed by atoms with Crippen LogP contribution < -0.4 is 0 Å². The van der Waals surface area contributed by atoms with E-state index in [2.05, 4.69) is 53.1 Å². The second kappa shape index (κ2) is 7.65. The third-order valence-corrected chi connectivity index (χ3v) is 10.7. The summed E-state index contributed by atoms with van der Waals surface area (Å²) in [5, 5.41) is 4.00. The Bertz CT molecular complexity index is 463. The number of hydrogen-bond donors (Lipinski definition) is 0. The Labute approximate surface area is 154 Å². The summed E-state index contributed by atoms with van der Waals surface area (Å²) < 4.78 is 0. The predicted octanol–water partition coefficient (Wildman–Crippen LogP) is 7.75. The zero-order valence-corrected chi connectivity index (χ0v) is 19.8. The summed E-state index contributed by atoms with van der Waals surface area (Å²) in [5.74, 6) is 1.75. The van der Waals surface area contributed by atoms with Crippen LogP contribution in [0.3, 0.4) is 0 Å². The fourth-order valence-electron chi connectivity index (χ4n) is 5.68. The van der Waals surface area contributed by atoms with Crippen molar-refractivity contribution < 1.29 is 0 Å². The summed E-state index contributed by atoms with van der Waals surface area (Å²) >= 11 is 0. The number of allylic oxidation sites excluding steroid dienone is 4. The van der Waals surface area contributed by atoms with Gasteiger partial charge in [-0.3, -0.25) is 0 Å². The minimum atomic E-state index is -1.26. The molecule has 0 radical (unpaired) electrons. The van der Waals surface area contributed by atoms with Gasteiger partial charge in [0.2, 0.25) is 0 Å². The molecule has 0 unspecified atom stereocenters. The zero-order valence-electron chi connectivity index (χ0n) is 17.8. The molecular weight excluding hydrogens is 320 g/mol. The molecule has 138 valence electrons. The molecule has 0 N–H and O–H groups in total. The molecule has 0 aromatic carbocycles. The average molecular weight is 363 g/mol. The molecule has 2 aliphatic carbocycles. The second-order valence-corrected chi connectivity index (χ2v) is 20.4. The highest BCUT2D eigenvalue weighted by Gasteiger charge is 2.44. The van der Waals surface area contributed by atoms with Gasteiger partial charge in [0.05, 0.1) is 16.1 Å². The Morgan fingerprint density at radius 3 is 1.25 bits per heavy atom. The van der Waals surface area contributed by atoms with Crippen LogP contribution in [0, 0.1) is 11.8 Å². The lowest BCUT2D eigenvalue weighted by molar-refractivity contribution is 0.379. The van der Waals surface area contributed by atoms with Crippen LogP contribution in [0.1, 0.15) is 65.2 Å². The van der Waals surface area contributed by atoms with E-state index in [4.69, 9.17) is 0 Å². The molecule has 0 nitrogen and oxygen atoms in total. The van der Waals surface area contributed by atoms with Crippen molar-refractivity contribution in [2.75, 3.05) is 0 Å². The Morgan fingerprint density at radius 2 is 1.00 bits per heavy atom. The lowest BCUT2D eigenvalue weighted by Crippen LogP contribution is -2.43. The fourth-order valence-corrected chi connectivity index (χ4v) is 11.0. The first kappa shape index (κ1) is 20.2. The SMILES string of the molecule is CCC[C@H]1C([Si](C)(C)C)=C2CCCCC2=C([Si](C)(C)C)[C@@H]1CCC. The van der Waals surface area contributed by atoms with Gasteiger partial charge in [0.25, 0.3) is 0 Å². The molecule has 2 heteroatoms. The summed E-state index contributed by atoms with van der Waals surface area (Å²) in [6, 6.07) is 0. The van der Waals surface area contributed by atoms with Crippen LogP contribution in [0.25, 0.3) is 0 Å². The van der Waals surface area contributed by atoms with E-state index in [1.54, 1.807) is 0 Å². The van der Waals surface area contributed by atoms with Crippen LogP contribution in [-0.4, -0.2) is 16.1 Å². The van der Waals surface area contributed by atoms with Crippen LogP contribution in [0.5, 0.6) is 0 Å². The molecular formula is C22H42Si2. The molecule has 1 saturated carbocycles. The van der Waals surface area contributed by atoms with E-state index >= 15 is 0 Å². The summed E-state index contributed by atoms with van der Waals surface area (Å²) in [6.45, 7) is 20.5. The minimum Gasteiger partial charge on any atom is -0.0741 e. The normalized spacial score (nSPS) is 26.0. The number of rotatable bonds is 6. The van der Waals surface area contributed by atoms with Crippen molar-refractivity contribution in [3.63, 3.8) is 0 Å². The molecule has 0 spiro atoms. The van der Waals surface area contributed by atoms with Gasteiger partial charge in [-0.15, -0.1) is 0 Å². The molecule has 1 fully saturated rings. The Hall–Kier alpha value is -0.0862. The summed E-state index contributed by atoms with van der Waals surface area (Å²) in [6.07, 6.45) is 11.2. The first-order valence-electron chi connectivity index (χ1n) is 10.6. The van der Waals surface area contributed by atoms with E-state index in [1.807, 2.05) is 21.5 Å². The van der Waals surface area contributed by atoms with Crippen LogP contribution in [0.4, 0.5) is 0 Å². The maximum Gasteiger partial charge on any atom is 0.0732 e. The molecule has 0 aliphatic heterocycles. The lowest BCUT2D eigenvalue weighted by atomic mass is 9.73. The van der Waals surface area contributed by atoms with Crippen LogP contribution in [0.2, 0.25) is 39.3 Å². The standard InChI is InChI=1S/C22H42Si2/c1-9-13-17-18(14-10-2)22(24(6,7)8)20-16-12-11-15-19(20)21(17)23(3,4)5/h17-18H,9-16H2,1-8H3/t17-,18-/m1/s1. The molecule has 2 atom stereocenters. The second-order valence-electron chi connectivity index (χ2n) is 10.3. The fraction of sp³-hybridized carbons (Fsp3) is 0.818. The highest BCUT2D eigenvalue weighted by atomic mass is 28.3. The molecule has 2 rings (SSSR count). The van der Waals surface area contributed by atoms with E-state index in [1.165, 1.54) is 51.4 Å². The van der Waals surface area contributed by atoms with Crippen molar-refractivity contribution in [2.24, 2.45) is 11.8 Å². The van der Waals surface area contributed by atoms with Crippen molar-refractivity contribution in [1.29, 1.82) is 0 Å². The quantitative estimate of drug-likeness (QED) is 0.423. The molecule has 0 heterocycles. The Kier molecular flexibility index (Phi) is 6.45. The first-order valence-corrected chi connectivity index (χ1v) is 17.6. The van der Waals surface area contributed by atoms with E-state index in [0.717, 1.165) is 11.8 Å². The molecule has 0 aromatic rings. The van der Waals surface area contributed by atoms with Gasteiger partial charge in [-0.05, 0) is 61.5 Å². The Balaban J connectivity index is 2.73. The monoisotopic (exact) mass is 362 g/mol. The summed E-state index contributed by atoms with van der Waals surface area (Å²) in [7, 11) is -2.53. The third kappa shape index (κ3) is 4.01. The largest absolute Gasteiger partial charge is 0.0741 e. The van der Waals surface area contributed by atoms with E-state index in [-0.39, 0.29) is 0 Å². The molecule has 0 aromatic heterocycles. The zero-order chi connectivity index (χ0) is 18.1. The summed E-state index contributed by atoms with van der Waals surface area (Å²) in [4.78, 5) is 0. The molecule has 0 saturated heterocycles. The predicted molar refractivity (Wildman–Crippen MR) is 116 cm³/mol. The Morgan fingerprint density at radius 1 is 0.667 bits per heavy atom. The smallest absolute Gasteiger partial charge is 0.0732 e. The van der Waals surface area contributed by atoms with Crippen molar-refractivity contribution in [2.45, 2.75) is 104 Å². The van der Waals surface area contributed by atoms with Gasteiger partial charge < -0.3 is 0 Å². The number of hydrogen-bond acceptors (Lipinski definition) is 0. The van der Waals surface area contributed by atoms with Gasteiger partial charge in [-0.25, -0.2) is 0 Å². The van der Waals surface area contributed by atoms with Crippen molar-refractivity contribution in [1.82, 2.24) is 0 Å². The third-order valence-electron chi connectivity index (χ3n) is 6.16. The lowest BCUT2D eigenvalue weighted by Gasteiger charge is -2.48. The van der Waals surface area contributed by atoms with Crippen molar-refractivity contribution in [3.05, 3.63) is 21.5 Å². The van der Waals surface area contributed by atoms with Gasteiger partial charge in [0.15, 0.2) is 0 Å². The molecule has 2 aliphatic rings. The van der Waals surface area contributed by atoms with Gasteiger partial charge in [-0.1, -0.05) is 76.4 Å². The van der Waals surface area contributed by atoms with Crippen molar-refractivity contribution >= 4 is 16.1 Å².